The zero-order valence-electron chi connectivity index (χ0n) is 16.1. The molecular formula is C19H34IN3O2. The van der Waals surface area contributed by atoms with Gasteiger partial charge < -0.3 is 20.1 Å². The largest absolute Gasteiger partial charge is 0.493 e. The molecule has 0 aliphatic carbocycles. The third-order valence-corrected chi connectivity index (χ3v) is 3.72. The third-order valence-electron chi connectivity index (χ3n) is 3.72. The Hall–Kier alpha value is -1.02. The molecule has 25 heavy (non-hydrogen) atoms. The summed E-state index contributed by atoms with van der Waals surface area (Å²) in [6.45, 7) is 7.29. The molecule has 0 heterocycles. The zero-order valence-corrected chi connectivity index (χ0v) is 18.4. The smallest absolute Gasteiger partial charge is 0.191 e. The molecule has 0 bridgehead atoms. The van der Waals surface area contributed by atoms with Gasteiger partial charge in [-0.05, 0) is 25.0 Å². The standard InChI is InChI=1S/C19H33N3O2.HI/c1-5-6-7-11-21-19(20-3)22-15-17-10-9-16(2)14-18(17)24-13-8-12-23-4;/h9-10,14H,5-8,11-13,15H2,1-4H3,(H2,20,21,22);1H. The van der Waals surface area contributed by atoms with E-state index in [4.69, 9.17) is 9.47 Å². The Balaban J connectivity index is 0.00000576. The first-order valence-corrected chi connectivity index (χ1v) is 8.87. The Bertz CT molecular complexity index is 496. The lowest BCUT2D eigenvalue weighted by molar-refractivity contribution is 0.172. The normalized spacial score (nSPS) is 11.0. The topological polar surface area (TPSA) is 54.9 Å². The van der Waals surface area contributed by atoms with E-state index in [-0.39, 0.29) is 24.0 Å². The van der Waals surface area contributed by atoms with Gasteiger partial charge in [0.25, 0.3) is 0 Å². The molecule has 5 nitrogen and oxygen atoms in total. The molecule has 0 saturated carbocycles. The summed E-state index contributed by atoms with van der Waals surface area (Å²) in [5.41, 5.74) is 2.33. The van der Waals surface area contributed by atoms with Crippen molar-refractivity contribution >= 4 is 29.9 Å². The van der Waals surface area contributed by atoms with E-state index in [1.165, 1.54) is 18.4 Å². The quantitative estimate of drug-likeness (QED) is 0.226. The molecule has 0 spiro atoms. The second kappa shape index (κ2) is 15.3. The molecular weight excluding hydrogens is 429 g/mol. The number of benzene rings is 1. The highest BCUT2D eigenvalue weighted by Crippen LogP contribution is 2.20. The van der Waals surface area contributed by atoms with E-state index in [0.717, 1.165) is 36.7 Å². The average molecular weight is 463 g/mol. The van der Waals surface area contributed by atoms with Crippen LogP contribution in [0.4, 0.5) is 0 Å². The van der Waals surface area contributed by atoms with E-state index in [2.05, 4.69) is 47.7 Å². The van der Waals surface area contributed by atoms with Gasteiger partial charge in [0.05, 0.1) is 6.61 Å². The van der Waals surface area contributed by atoms with Crippen molar-refractivity contribution in [3.63, 3.8) is 0 Å². The van der Waals surface area contributed by atoms with E-state index in [1.54, 1.807) is 14.2 Å². The van der Waals surface area contributed by atoms with Crippen molar-refractivity contribution in [1.82, 2.24) is 10.6 Å². The molecule has 1 rings (SSSR count). The molecule has 0 radical (unpaired) electrons. The summed E-state index contributed by atoms with van der Waals surface area (Å²) in [4.78, 5) is 4.27. The van der Waals surface area contributed by atoms with Crippen molar-refractivity contribution in [3.8, 4) is 5.75 Å². The summed E-state index contributed by atoms with van der Waals surface area (Å²) in [6, 6.07) is 6.30. The molecule has 6 heteroatoms. The second-order valence-corrected chi connectivity index (χ2v) is 5.87. The van der Waals surface area contributed by atoms with Gasteiger partial charge in [-0.15, -0.1) is 24.0 Å². The highest BCUT2D eigenvalue weighted by Gasteiger charge is 2.06. The van der Waals surface area contributed by atoms with Crippen molar-refractivity contribution in [2.45, 2.75) is 46.1 Å². The number of unbranched alkanes of at least 4 members (excludes halogenated alkanes) is 2. The minimum absolute atomic E-state index is 0. The highest BCUT2D eigenvalue weighted by atomic mass is 127. The van der Waals surface area contributed by atoms with Gasteiger partial charge in [0, 0.05) is 45.8 Å². The molecule has 0 aliphatic rings. The van der Waals surface area contributed by atoms with Gasteiger partial charge in [0.2, 0.25) is 0 Å². The fourth-order valence-electron chi connectivity index (χ4n) is 2.31. The van der Waals surface area contributed by atoms with E-state index < -0.39 is 0 Å². The fraction of sp³-hybridized carbons (Fsp3) is 0.632. The van der Waals surface area contributed by atoms with E-state index >= 15 is 0 Å². The highest BCUT2D eigenvalue weighted by molar-refractivity contribution is 14.0. The molecule has 144 valence electrons. The van der Waals surface area contributed by atoms with Crippen LogP contribution in [0, 0.1) is 6.92 Å². The maximum Gasteiger partial charge on any atom is 0.191 e. The number of methoxy groups -OCH3 is 1. The van der Waals surface area contributed by atoms with Crippen LogP contribution in [-0.4, -0.2) is 39.9 Å². The molecule has 2 N–H and O–H groups in total. The summed E-state index contributed by atoms with van der Waals surface area (Å²) < 4.78 is 11.0. The van der Waals surface area contributed by atoms with E-state index in [0.29, 0.717) is 19.8 Å². The van der Waals surface area contributed by atoms with Gasteiger partial charge in [-0.2, -0.15) is 0 Å². The van der Waals surface area contributed by atoms with Crippen molar-refractivity contribution in [2.24, 2.45) is 4.99 Å². The summed E-state index contributed by atoms with van der Waals surface area (Å²) in [5, 5.41) is 6.71. The number of nitrogens with one attached hydrogen (secondary N) is 2. The van der Waals surface area contributed by atoms with Crippen molar-refractivity contribution in [1.29, 1.82) is 0 Å². The average Bonchev–Trinajstić information content (AvgIpc) is 2.59. The van der Waals surface area contributed by atoms with Crippen LogP contribution in [0.5, 0.6) is 5.75 Å². The Morgan fingerprint density at radius 2 is 1.92 bits per heavy atom. The Morgan fingerprint density at radius 3 is 2.60 bits per heavy atom. The van der Waals surface area contributed by atoms with Crippen LogP contribution in [0.2, 0.25) is 0 Å². The molecule has 0 saturated heterocycles. The lowest BCUT2D eigenvalue weighted by Crippen LogP contribution is -2.37. The SMILES string of the molecule is CCCCCNC(=NC)NCc1ccc(C)cc1OCCCOC.I. The van der Waals surface area contributed by atoms with Crippen molar-refractivity contribution in [2.75, 3.05) is 33.9 Å². The molecule has 0 fully saturated rings. The van der Waals surface area contributed by atoms with Crippen LogP contribution >= 0.6 is 24.0 Å². The van der Waals surface area contributed by atoms with Crippen molar-refractivity contribution < 1.29 is 9.47 Å². The minimum Gasteiger partial charge on any atom is -0.493 e. The Labute approximate surface area is 170 Å². The van der Waals surface area contributed by atoms with Crippen LogP contribution in [0.15, 0.2) is 23.2 Å². The van der Waals surface area contributed by atoms with Gasteiger partial charge >= 0.3 is 0 Å². The number of guanidine groups is 1. The fourth-order valence-corrected chi connectivity index (χ4v) is 2.31. The minimum atomic E-state index is 0. The monoisotopic (exact) mass is 463 g/mol. The number of aliphatic imine (C=N–C) groups is 1. The predicted octanol–water partition coefficient (Wildman–Crippen LogP) is 3.88. The van der Waals surface area contributed by atoms with E-state index in [1.807, 2.05) is 0 Å². The van der Waals surface area contributed by atoms with Crippen LogP contribution < -0.4 is 15.4 Å². The summed E-state index contributed by atoms with van der Waals surface area (Å²) in [5.74, 6) is 1.76. The molecule has 0 aliphatic heterocycles. The summed E-state index contributed by atoms with van der Waals surface area (Å²) in [6.07, 6.45) is 4.51. The van der Waals surface area contributed by atoms with Gasteiger partial charge in [-0.3, -0.25) is 4.99 Å². The Kier molecular flexibility index (Phi) is 14.6. The maximum atomic E-state index is 5.92. The van der Waals surface area contributed by atoms with Gasteiger partial charge in [-0.1, -0.05) is 31.9 Å². The van der Waals surface area contributed by atoms with E-state index in [9.17, 15) is 0 Å². The molecule has 0 unspecified atom stereocenters. The number of ether oxygens (including phenoxy) is 2. The second-order valence-electron chi connectivity index (χ2n) is 5.87. The molecule has 1 aromatic rings. The lowest BCUT2D eigenvalue weighted by atomic mass is 10.1. The number of hydrogen-bond acceptors (Lipinski definition) is 3. The number of aryl methyl sites for hydroxylation is 1. The number of rotatable bonds is 11. The van der Waals surface area contributed by atoms with Crippen LogP contribution in [0.3, 0.4) is 0 Å². The molecule has 0 aromatic heterocycles. The van der Waals surface area contributed by atoms with Gasteiger partial charge in [0.15, 0.2) is 5.96 Å². The maximum absolute atomic E-state index is 5.92. The summed E-state index contributed by atoms with van der Waals surface area (Å²) in [7, 11) is 3.51. The first-order chi connectivity index (χ1) is 11.7. The van der Waals surface area contributed by atoms with Gasteiger partial charge in [-0.25, -0.2) is 0 Å². The van der Waals surface area contributed by atoms with Crippen LogP contribution in [-0.2, 0) is 11.3 Å². The predicted molar refractivity (Wildman–Crippen MR) is 116 cm³/mol. The third kappa shape index (κ3) is 10.5. The number of hydrogen-bond donors (Lipinski definition) is 2. The lowest BCUT2D eigenvalue weighted by Gasteiger charge is -2.15. The summed E-state index contributed by atoms with van der Waals surface area (Å²) >= 11 is 0. The van der Waals surface area contributed by atoms with Gasteiger partial charge in [0.1, 0.15) is 5.75 Å². The molecule has 1 aromatic carbocycles. The number of nitrogens with zero attached hydrogens (tertiary/aromatic N) is 1. The first-order valence-electron chi connectivity index (χ1n) is 8.87. The molecule has 0 amide bonds. The molecule has 0 atom stereocenters. The number of halogens is 1. The van der Waals surface area contributed by atoms with Crippen LogP contribution in [0.25, 0.3) is 0 Å². The van der Waals surface area contributed by atoms with Crippen molar-refractivity contribution in [3.05, 3.63) is 29.3 Å². The zero-order chi connectivity index (χ0) is 17.6. The first kappa shape index (κ1) is 24.0. The van der Waals surface area contributed by atoms with Crippen LogP contribution in [0.1, 0.15) is 43.7 Å². The Morgan fingerprint density at radius 1 is 1.12 bits per heavy atom.